The number of piperidine rings is 1. The summed E-state index contributed by atoms with van der Waals surface area (Å²) in [5.41, 5.74) is 5.78. The van der Waals surface area contributed by atoms with Crippen LogP contribution in [0.15, 0.2) is 40.2 Å². The summed E-state index contributed by atoms with van der Waals surface area (Å²) in [6.07, 6.45) is 1.63. The van der Waals surface area contributed by atoms with Gasteiger partial charge in [0.15, 0.2) is 5.96 Å². The molecule has 122 valence electrons. The van der Waals surface area contributed by atoms with Gasteiger partial charge in [0.05, 0.1) is 4.90 Å². The molecule has 0 unspecified atom stereocenters. The summed E-state index contributed by atoms with van der Waals surface area (Å²) in [7, 11) is 0.344. The van der Waals surface area contributed by atoms with Crippen molar-refractivity contribution in [3.8, 4) is 0 Å². The number of nitrogens with two attached hydrogens (primary N) is 1. The van der Waals surface area contributed by atoms with Crippen LogP contribution < -0.4 is 5.73 Å². The highest BCUT2D eigenvalue weighted by Crippen LogP contribution is 2.23. The monoisotopic (exact) mass is 324 g/mol. The number of guanidine groups is 1. The molecule has 0 bridgehead atoms. The number of rotatable bonds is 4. The van der Waals surface area contributed by atoms with Crippen LogP contribution in [0.4, 0.5) is 0 Å². The second kappa shape index (κ2) is 7.11. The topological polar surface area (TPSA) is 79.0 Å². The summed E-state index contributed by atoms with van der Waals surface area (Å²) >= 11 is 0. The molecule has 0 aromatic heterocycles. The van der Waals surface area contributed by atoms with Gasteiger partial charge in [-0.25, -0.2) is 8.42 Å². The van der Waals surface area contributed by atoms with Crippen molar-refractivity contribution in [2.45, 2.75) is 17.7 Å². The first-order valence-corrected chi connectivity index (χ1v) is 8.87. The molecule has 0 saturated carbocycles. The number of aliphatic imine (C=N–C) groups is 1. The predicted molar refractivity (Wildman–Crippen MR) is 88.1 cm³/mol. The van der Waals surface area contributed by atoms with Crippen molar-refractivity contribution < 1.29 is 8.42 Å². The van der Waals surface area contributed by atoms with Crippen LogP contribution in [0.25, 0.3) is 0 Å². The maximum Gasteiger partial charge on any atom is 0.243 e. The Morgan fingerprint density at radius 2 is 1.86 bits per heavy atom. The van der Waals surface area contributed by atoms with Crippen molar-refractivity contribution >= 4 is 16.0 Å². The smallest absolute Gasteiger partial charge is 0.243 e. The predicted octanol–water partition coefficient (Wildman–Crippen LogP) is 0.964. The first-order chi connectivity index (χ1) is 10.4. The molecule has 1 saturated heterocycles. The highest BCUT2D eigenvalue weighted by molar-refractivity contribution is 7.89. The van der Waals surface area contributed by atoms with Gasteiger partial charge >= 0.3 is 0 Å². The molecule has 0 atom stereocenters. The van der Waals surface area contributed by atoms with E-state index in [1.165, 1.54) is 0 Å². The maximum atomic E-state index is 12.5. The third kappa shape index (κ3) is 3.98. The number of benzene rings is 1. The molecule has 1 fully saturated rings. The minimum Gasteiger partial charge on any atom is -0.370 e. The average molecular weight is 324 g/mol. The van der Waals surface area contributed by atoms with Crippen molar-refractivity contribution in [3.63, 3.8) is 0 Å². The fourth-order valence-corrected chi connectivity index (χ4v) is 3.93. The molecule has 1 aromatic carbocycles. The van der Waals surface area contributed by atoms with E-state index in [0.717, 1.165) is 12.8 Å². The van der Waals surface area contributed by atoms with Crippen molar-refractivity contribution in [1.82, 2.24) is 9.21 Å². The van der Waals surface area contributed by atoms with Crippen molar-refractivity contribution in [3.05, 3.63) is 30.3 Å². The van der Waals surface area contributed by atoms with E-state index < -0.39 is 10.0 Å². The zero-order valence-electron chi connectivity index (χ0n) is 13.1. The molecule has 2 rings (SSSR count). The fraction of sp³-hybridized carbons (Fsp3) is 0.533. The van der Waals surface area contributed by atoms with Crippen LogP contribution in [-0.2, 0) is 10.0 Å². The Balaban J connectivity index is 1.94. The van der Waals surface area contributed by atoms with E-state index >= 15 is 0 Å². The van der Waals surface area contributed by atoms with Crippen molar-refractivity contribution in [2.75, 3.05) is 33.7 Å². The molecule has 7 heteroatoms. The lowest BCUT2D eigenvalue weighted by Crippen LogP contribution is -2.39. The van der Waals surface area contributed by atoms with Crippen LogP contribution >= 0.6 is 0 Å². The quantitative estimate of drug-likeness (QED) is 0.661. The summed E-state index contributed by atoms with van der Waals surface area (Å²) in [4.78, 5) is 6.48. The lowest BCUT2D eigenvalue weighted by Gasteiger charge is -2.30. The summed E-state index contributed by atoms with van der Waals surface area (Å²) < 4.78 is 26.6. The molecule has 22 heavy (non-hydrogen) atoms. The van der Waals surface area contributed by atoms with E-state index in [4.69, 9.17) is 5.73 Å². The molecule has 0 aliphatic carbocycles. The molecule has 1 aromatic rings. The zero-order chi connectivity index (χ0) is 16.2. The lowest BCUT2D eigenvalue weighted by atomic mass is 9.98. The van der Waals surface area contributed by atoms with Gasteiger partial charge in [-0.15, -0.1) is 0 Å². The van der Waals surface area contributed by atoms with Gasteiger partial charge in [0, 0.05) is 33.7 Å². The Hall–Kier alpha value is -1.60. The van der Waals surface area contributed by atoms with E-state index in [1.807, 2.05) is 20.2 Å². The van der Waals surface area contributed by atoms with Crippen LogP contribution in [0, 0.1) is 5.92 Å². The first kappa shape index (κ1) is 16.8. The van der Waals surface area contributed by atoms with Crippen LogP contribution in [-0.4, -0.2) is 57.3 Å². The van der Waals surface area contributed by atoms with Gasteiger partial charge in [-0.3, -0.25) is 4.99 Å². The third-order valence-electron chi connectivity index (χ3n) is 3.92. The summed E-state index contributed by atoms with van der Waals surface area (Å²) in [5.74, 6) is 0.903. The second-order valence-electron chi connectivity index (χ2n) is 5.75. The van der Waals surface area contributed by atoms with E-state index in [0.29, 0.717) is 36.4 Å². The fourth-order valence-electron chi connectivity index (χ4n) is 2.44. The van der Waals surface area contributed by atoms with Gasteiger partial charge < -0.3 is 10.6 Å². The number of hydrogen-bond donors (Lipinski definition) is 1. The molecule has 1 aliphatic rings. The Morgan fingerprint density at radius 3 is 2.41 bits per heavy atom. The minimum absolute atomic E-state index is 0.364. The molecule has 0 amide bonds. The largest absolute Gasteiger partial charge is 0.370 e. The van der Waals surface area contributed by atoms with E-state index in [9.17, 15) is 8.42 Å². The Bertz CT molecular complexity index is 606. The van der Waals surface area contributed by atoms with Gasteiger partial charge in [-0.2, -0.15) is 4.31 Å². The van der Waals surface area contributed by atoms with E-state index in [1.54, 1.807) is 33.5 Å². The summed E-state index contributed by atoms with van der Waals surface area (Å²) in [6, 6.07) is 8.60. The highest BCUT2D eigenvalue weighted by Gasteiger charge is 2.29. The maximum absolute atomic E-state index is 12.5. The normalized spacial score (nSPS) is 18.4. The van der Waals surface area contributed by atoms with E-state index in [2.05, 4.69) is 4.99 Å². The molecule has 2 N–H and O–H groups in total. The molecule has 1 heterocycles. The Kier molecular flexibility index (Phi) is 5.42. The van der Waals surface area contributed by atoms with E-state index in [-0.39, 0.29) is 0 Å². The molecule has 1 aliphatic heterocycles. The lowest BCUT2D eigenvalue weighted by molar-refractivity contribution is 0.278. The first-order valence-electron chi connectivity index (χ1n) is 7.43. The average Bonchev–Trinajstić information content (AvgIpc) is 2.53. The van der Waals surface area contributed by atoms with Gasteiger partial charge in [0.2, 0.25) is 10.0 Å². The van der Waals surface area contributed by atoms with Crippen molar-refractivity contribution in [1.29, 1.82) is 0 Å². The molecule has 0 spiro atoms. The van der Waals surface area contributed by atoms with Crippen LogP contribution in [0.5, 0.6) is 0 Å². The Labute approximate surface area is 132 Å². The molecular weight excluding hydrogens is 300 g/mol. The summed E-state index contributed by atoms with van der Waals surface area (Å²) in [5, 5.41) is 0. The highest BCUT2D eigenvalue weighted by atomic mass is 32.2. The SMILES string of the molecule is CN(C)C(N)=NCC1CCN(S(=O)(=O)c2ccccc2)CC1. The van der Waals surface area contributed by atoms with Crippen LogP contribution in [0.1, 0.15) is 12.8 Å². The van der Waals surface area contributed by atoms with Crippen LogP contribution in [0.3, 0.4) is 0 Å². The number of nitrogens with zero attached hydrogens (tertiary/aromatic N) is 3. The molecule has 0 radical (unpaired) electrons. The van der Waals surface area contributed by atoms with Gasteiger partial charge in [-0.1, -0.05) is 18.2 Å². The van der Waals surface area contributed by atoms with Crippen molar-refractivity contribution in [2.24, 2.45) is 16.6 Å². The second-order valence-corrected chi connectivity index (χ2v) is 7.69. The Morgan fingerprint density at radius 1 is 1.27 bits per heavy atom. The third-order valence-corrected chi connectivity index (χ3v) is 5.84. The minimum atomic E-state index is -3.37. The summed E-state index contributed by atoms with van der Waals surface area (Å²) in [6.45, 7) is 1.74. The molecular formula is C15H24N4O2S. The van der Waals surface area contributed by atoms with Gasteiger partial charge in [0.25, 0.3) is 0 Å². The standard InChI is InChI=1S/C15H24N4O2S/c1-18(2)15(16)17-12-13-8-10-19(11-9-13)22(20,21)14-6-4-3-5-7-14/h3-7,13H,8-12H2,1-2H3,(H2,16,17). The molecule has 6 nitrogen and oxygen atoms in total. The number of hydrogen-bond acceptors (Lipinski definition) is 3. The van der Waals surface area contributed by atoms with Gasteiger partial charge in [0.1, 0.15) is 0 Å². The zero-order valence-corrected chi connectivity index (χ0v) is 14.0. The van der Waals surface area contributed by atoms with Crippen LogP contribution in [0.2, 0.25) is 0 Å². The van der Waals surface area contributed by atoms with Gasteiger partial charge in [-0.05, 0) is 30.9 Å². The number of sulfonamides is 1.